The molecular weight excluding hydrogens is 347 g/mol. The summed E-state index contributed by atoms with van der Waals surface area (Å²) < 4.78 is 43.7. The smallest absolute Gasteiger partial charge is 0.262 e. The topological polar surface area (TPSA) is 84.5 Å². The summed E-state index contributed by atoms with van der Waals surface area (Å²) in [7, 11) is -3.36. The molecule has 8 heteroatoms. The van der Waals surface area contributed by atoms with Crippen LogP contribution in [0, 0.1) is 12.7 Å². The number of aryl methyl sites for hydroxylation is 1. The summed E-state index contributed by atoms with van der Waals surface area (Å²) in [6, 6.07) is 10.2. The lowest BCUT2D eigenvalue weighted by Crippen LogP contribution is -2.20. The molecule has 2 rings (SSSR count). The fourth-order valence-corrected chi connectivity index (χ4v) is 2.68. The molecule has 0 aromatic heterocycles. The van der Waals surface area contributed by atoms with E-state index in [4.69, 9.17) is 4.74 Å². The molecule has 0 saturated heterocycles. The Morgan fingerprint density at radius 3 is 2.44 bits per heavy atom. The SMILES string of the molecule is CCS(=O)(=O)Nc1ccc(NC(=O)COc2ccc(F)cc2)cc1C. The molecule has 0 heterocycles. The minimum Gasteiger partial charge on any atom is -0.484 e. The summed E-state index contributed by atoms with van der Waals surface area (Å²) in [6.45, 7) is 3.06. The Morgan fingerprint density at radius 1 is 1.16 bits per heavy atom. The Hall–Kier alpha value is -2.61. The predicted octanol–water partition coefficient (Wildman–Crippen LogP) is 2.91. The van der Waals surface area contributed by atoms with Crippen LogP contribution >= 0.6 is 0 Å². The highest BCUT2D eigenvalue weighted by Crippen LogP contribution is 2.21. The number of amides is 1. The van der Waals surface area contributed by atoms with Gasteiger partial charge in [-0.15, -0.1) is 0 Å². The maximum atomic E-state index is 12.8. The molecule has 0 radical (unpaired) electrons. The van der Waals surface area contributed by atoms with Gasteiger partial charge in [-0.05, 0) is 61.9 Å². The van der Waals surface area contributed by atoms with Gasteiger partial charge in [0.15, 0.2) is 6.61 Å². The molecular formula is C17H19FN2O4S. The quantitative estimate of drug-likeness (QED) is 0.789. The molecule has 0 bridgehead atoms. The molecule has 0 aliphatic rings. The monoisotopic (exact) mass is 366 g/mol. The molecule has 0 unspecified atom stereocenters. The van der Waals surface area contributed by atoms with Crippen LogP contribution in [0.1, 0.15) is 12.5 Å². The van der Waals surface area contributed by atoms with Crippen molar-refractivity contribution in [1.82, 2.24) is 0 Å². The van der Waals surface area contributed by atoms with Crippen molar-refractivity contribution in [2.45, 2.75) is 13.8 Å². The van der Waals surface area contributed by atoms with Gasteiger partial charge >= 0.3 is 0 Å². The average Bonchev–Trinajstić information content (AvgIpc) is 2.57. The number of anilines is 2. The van der Waals surface area contributed by atoms with E-state index in [1.165, 1.54) is 24.3 Å². The van der Waals surface area contributed by atoms with E-state index in [1.807, 2.05) is 0 Å². The van der Waals surface area contributed by atoms with Crippen molar-refractivity contribution in [2.75, 3.05) is 22.4 Å². The number of carbonyl (C=O) groups excluding carboxylic acids is 1. The van der Waals surface area contributed by atoms with E-state index in [0.29, 0.717) is 22.7 Å². The first kappa shape index (κ1) is 18.7. The number of ether oxygens (including phenoxy) is 1. The molecule has 25 heavy (non-hydrogen) atoms. The van der Waals surface area contributed by atoms with Crippen molar-refractivity contribution in [2.24, 2.45) is 0 Å². The van der Waals surface area contributed by atoms with Crippen molar-refractivity contribution >= 4 is 27.3 Å². The molecule has 0 aliphatic heterocycles. The molecule has 2 N–H and O–H groups in total. The van der Waals surface area contributed by atoms with Gasteiger partial charge in [-0.3, -0.25) is 9.52 Å². The summed E-state index contributed by atoms with van der Waals surface area (Å²) in [4.78, 5) is 11.9. The van der Waals surface area contributed by atoms with Gasteiger partial charge in [-0.1, -0.05) is 0 Å². The maximum absolute atomic E-state index is 12.8. The minimum atomic E-state index is -3.36. The number of carbonyl (C=O) groups is 1. The molecule has 0 saturated carbocycles. The minimum absolute atomic E-state index is 0.0222. The van der Waals surface area contributed by atoms with Crippen LogP contribution in [0.5, 0.6) is 5.75 Å². The first-order valence-electron chi connectivity index (χ1n) is 7.58. The molecule has 0 atom stereocenters. The highest BCUT2D eigenvalue weighted by atomic mass is 32.2. The van der Waals surface area contributed by atoms with Crippen molar-refractivity contribution in [3.63, 3.8) is 0 Å². The molecule has 0 fully saturated rings. The normalized spacial score (nSPS) is 11.0. The number of nitrogens with one attached hydrogen (secondary N) is 2. The van der Waals surface area contributed by atoms with Gasteiger partial charge in [0.25, 0.3) is 5.91 Å². The number of rotatable bonds is 7. The highest BCUT2D eigenvalue weighted by molar-refractivity contribution is 7.92. The van der Waals surface area contributed by atoms with Gasteiger partial charge in [-0.2, -0.15) is 0 Å². The average molecular weight is 366 g/mol. The van der Waals surface area contributed by atoms with Crippen molar-refractivity contribution < 1.29 is 22.3 Å². The summed E-state index contributed by atoms with van der Waals surface area (Å²) in [5.41, 5.74) is 1.65. The van der Waals surface area contributed by atoms with Gasteiger partial charge in [-0.25, -0.2) is 12.8 Å². The molecule has 6 nitrogen and oxygen atoms in total. The van der Waals surface area contributed by atoms with Crippen LogP contribution in [-0.2, 0) is 14.8 Å². The summed E-state index contributed by atoms with van der Waals surface area (Å²) >= 11 is 0. The van der Waals surface area contributed by atoms with E-state index in [2.05, 4.69) is 10.0 Å². The third-order valence-corrected chi connectivity index (χ3v) is 4.63. The molecule has 0 aliphatic carbocycles. The number of benzene rings is 2. The van der Waals surface area contributed by atoms with Gasteiger partial charge in [0.05, 0.1) is 11.4 Å². The Bertz CT molecular complexity index is 851. The first-order valence-corrected chi connectivity index (χ1v) is 9.23. The van der Waals surface area contributed by atoms with E-state index in [0.717, 1.165) is 0 Å². The lowest BCUT2D eigenvalue weighted by molar-refractivity contribution is -0.118. The number of hydrogen-bond donors (Lipinski definition) is 2. The zero-order chi connectivity index (χ0) is 18.4. The van der Waals surface area contributed by atoms with Crippen LogP contribution in [0.4, 0.5) is 15.8 Å². The van der Waals surface area contributed by atoms with Gasteiger partial charge in [0.2, 0.25) is 10.0 Å². The summed E-state index contributed by atoms with van der Waals surface area (Å²) in [5.74, 6) is -0.403. The predicted molar refractivity (Wildman–Crippen MR) is 94.8 cm³/mol. The second kappa shape index (κ2) is 7.98. The van der Waals surface area contributed by atoms with Crippen molar-refractivity contribution in [3.05, 3.63) is 53.8 Å². The maximum Gasteiger partial charge on any atom is 0.262 e. The van der Waals surface area contributed by atoms with Crippen LogP contribution in [0.15, 0.2) is 42.5 Å². The van der Waals surface area contributed by atoms with Crippen LogP contribution in [0.3, 0.4) is 0 Å². The first-order chi connectivity index (χ1) is 11.8. The molecule has 2 aromatic rings. The van der Waals surface area contributed by atoms with Crippen LogP contribution in [0.25, 0.3) is 0 Å². The standard InChI is InChI=1S/C17H19FN2O4S/c1-3-25(22,23)20-16-9-6-14(10-12(16)2)19-17(21)11-24-15-7-4-13(18)5-8-15/h4-10,20H,3,11H2,1-2H3,(H,19,21). The second-order valence-corrected chi connectivity index (χ2v) is 7.34. The second-order valence-electron chi connectivity index (χ2n) is 5.33. The number of halogens is 1. The Labute approximate surface area is 146 Å². The van der Waals surface area contributed by atoms with Crippen molar-refractivity contribution in [3.8, 4) is 5.75 Å². The van der Waals surface area contributed by atoms with E-state index in [1.54, 1.807) is 32.0 Å². The Kier molecular flexibility index (Phi) is 5.97. The third-order valence-electron chi connectivity index (χ3n) is 3.34. The van der Waals surface area contributed by atoms with Gasteiger partial charge in [0.1, 0.15) is 11.6 Å². The molecule has 1 amide bonds. The van der Waals surface area contributed by atoms with E-state index in [9.17, 15) is 17.6 Å². The largest absolute Gasteiger partial charge is 0.484 e. The summed E-state index contributed by atoms with van der Waals surface area (Å²) in [6.07, 6.45) is 0. The van der Waals surface area contributed by atoms with Crippen molar-refractivity contribution in [1.29, 1.82) is 0 Å². The summed E-state index contributed by atoms with van der Waals surface area (Å²) in [5, 5.41) is 2.65. The van der Waals surface area contributed by atoms with E-state index >= 15 is 0 Å². The Balaban J connectivity index is 1.94. The fraction of sp³-hybridized carbons (Fsp3) is 0.235. The third kappa shape index (κ3) is 5.75. The van der Waals surface area contributed by atoms with Crippen LogP contribution in [0.2, 0.25) is 0 Å². The highest BCUT2D eigenvalue weighted by Gasteiger charge is 2.10. The van der Waals surface area contributed by atoms with Gasteiger partial charge < -0.3 is 10.1 Å². The Morgan fingerprint density at radius 2 is 1.84 bits per heavy atom. The van der Waals surface area contributed by atoms with E-state index in [-0.39, 0.29) is 24.1 Å². The zero-order valence-electron chi connectivity index (χ0n) is 13.9. The van der Waals surface area contributed by atoms with Gasteiger partial charge in [0, 0.05) is 5.69 Å². The number of sulfonamides is 1. The van der Waals surface area contributed by atoms with E-state index < -0.39 is 10.0 Å². The molecule has 134 valence electrons. The van der Waals surface area contributed by atoms with Crippen LogP contribution in [-0.4, -0.2) is 26.7 Å². The molecule has 2 aromatic carbocycles. The zero-order valence-corrected chi connectivity index (χ0v) is 14.7. The molecule has 0 spiro atoms. The lowest BCUT2D eigenvalue weighted by atomic mass is 10.2. The number of hydrogen-bond acceptors (Lipinski definition) is 4. The van der Waals surface area contributed by atoms with Crippen LogP contribution < -0.4 is 14.8 Å². The lowest BCUT2D eigenvalue weighted by Gasteiger charge is -2.12. The fourth-order valence-electron chi connectivity index (χ4n) is 1.97.